The molecule has 2 rings (SSSR count). The van der Waals surface area contributed by atoms with E-state index in [1.54, 1.807) is 12.1 Å². The van der Waals surface area contributed by atoms with E-state index in [0.29, 0.717) is 6.42 Å². The molecule has 0 atom stereocenters. The van der Waals surface area contributed by atoms with Gasteiger partial charge in [0.25, 0.3) is 0 Å². The van der Waals surface area contributed by atoms with E-state index in [0.717, 1.165) is 16.8 Å². The lowest BCUT2D eigenvalue weighted by atomic mass is 10.1. The molecule has 2 N–H and O–H groups in total. The van der Waals surface area contributed by atoms with Crippen LogP contribution < -0.4 is 10.5 Å². The maximum atomic E-state index is 12.0. The third-order valence-corrected chi connectivity index (χ3v) is 2.82. The number of alkyl halides is 3. The van der Waals surface area contributed by atoms with Crippen LogP contribution in [0.4, 0.5) is 18.9 Å². The van der Waals surface area contributed by atoms with Gasteiger partial charge in [-0.05, 0) is 35.7 Å². The fourth-order valence-corrected chi connectivity index (χ4v) is 1.82. The number of nitrogens with two attached hydrogens (primary N) is 1. The van der Waals surface area contributed by atoms with Crippen molar-refractivity contribution in [1.82, 2.24) is 0 Å². The largest absolute Gasteiger partial charge is 0.573 e. The first-order valence-corrected chi connectivity index (χ1v) is 6.30. The van der Waals surface area contributed by atoms with E-state index in [9.17, 15) is 13.2 Å². The first-order chi connectivity index (χ1) is 9.94. The third kappa shape index (κ3) is 4.87. The Morgan fingerprint density at radius 3 is 2.29 bits per heavy atom. The quantitative estimate of drug-likeness (QED) is 0.847. The molecular weight excluding hydrogens is 279 g/mol. The van der Waals surface area contributed by atoms with Gasteiger partial charge < -0.3 is 10.5 Å². The number of nitrogen functional groups attached to an aromatic ring is 1. The van der Waals surface area contributed by atoms with Crippen LogP contribution in [-0.2, 0) is 6.42 Å². The fraction of sp³-hybridized carbons (Fsp3) is 0.125. The molecule has 0 radical (unpaired) electrons. The van der Waals surface area contributed by atoms with Gasteiger partial charge in [-0.25, -0.2) is 0 Å². The van der Waals surface area contributed by atoms with E-state index in [1.165, 1.54) is 12.1 Å². The Hall–Kier alpha value is -2.43. The van der Waals surface area contributed by atoms with Crippen molar-refractivity contribution in [1.29, 1.82) is 0 Å². The van der Waals surface area contributed by atoms with Gasteiger partial charge in [0.15, 0.2) is 0 Å². The lowest BCUT2D eigenvalue weighted by molar-refractivity contribution is -0.274. The first-order valence-electron chi connectivity index (χ1n) is 6.30. The molecule has 0 spiro atoms. The van der Waals surface area contributed by atoms with Gasteiger partial charge in [-0.2, -0.15) is 0 Å². The Balaban J connectivity index is 1.97. The molecule has 0 aliphatic heterocycles. The summed E-state index contributed by atoms with van der Waals surface area (Å²) in [5.41, 5.74) is 8.34. The SMILES string of the molecule is Nc1ccccc1C/C=C/c1ccc(OC(F)(F)F)cc1. The van der Waals surface area contributed by atoms with Gasteiger partial charge in [0.1, 0.15) is 5.75 Å². The summed E-state index contributed by atoms with van der Waals surface area (Å²) < 4.78 is 39.9. The van der Waals surface area contributed by atoms with Crippen LogP contribution in [0, 0.1) is 0 Å². The molecule has 0 amide bonds. The minimum absolute atomic E-state index is 0.230. The van der Waals surface area contributed by atoms with E-state index in [2.05, 4.69) is 4.74 Å². The molecule has 0 heterocycles. The second-order valence-electron chi connectivity index (χ2n) is 4.42. The summed E-state index contributed by atoms with van der Waals surface area (Å²) >= 11 is 0. The Morgan fingerprint density at radius 1 is 1.00 bits per heavy atom. The highest BCUT2D eigenvalue weighted by molar-refractivity contribution is 5.53. The van der Waals surface area contributed by atoms with E-state index in [-0.39, 0.29) is 5.75 Å². The van der Waals surface area contributed by atoms with Gasteiger partial charge in [-0.1, -0.05) is 42.5 Å². The Morgan fingerprint density at radius 2 is 1.67 bits per heavy atom. The summed E-state index contributed by atoms with van der Waals surface area (Å²) in [6, 6.07) is 13.2. The lowest BCUT2D eigenvalue weighted by Crippen LogP contribution is -2.16. The Bertz CT molecular complexity index is 618. The number of rotatable bonds is 4. The smallest absolute Gasteiger partial charge is 0.406 e. The van der Waals surface area contributed by atoms with Crippen LogP contribution in [0.25, 0.3) is 6.08 Å². The molecule has 0 aliphatic rings. The summed E-state index contributed by atoms with van der Waals surface area (Å²) in [6.45, 7) is 0. The van der Waals surface area contributed by atoms with Crippen LogP contribution in [0.1, 0.15) is 11.1 Å². The minimum atomic E-state index is -4.66. The first kappa shape index (κ1) is 15.0. The van der Waals surface area contributed by atoms with Gasteiger partial charge in [0.05, 0.1) is 0 Å². The van der Waals surface area contributed by atoms with Crippen molar-refractivity contribution in [2.24, 2.45) is 0 Å². The molecule has 0 unspecified atom stereocenters. The summed E-state index contributed by atoms with van der Waals surface area (Å²) in [5, 5.41) is 0. The van der Waals surface area contributed by atoms with Crippen LogP contribution in [0.5, 0.6) is 5.75 Å². The number of anilines is 1. The zero-order chi connectivity index (χ0) is 15.3. The van der Waals surface area contributed by atoms with Crippen molar-refractivity contribution in [3.63, 3.8) is 0 Å². The van der Waals surface area contributed by atoms with Crippen molar-refractivity contribution in [2.45, 2.75) is 12.8 Å². The molecule has 2 nitrogen and oxygen atoms in total. The molecular formula is C16H14F3NO. The van der Waals surface area contributed by atoms with Gasteiger partial charge in [0, 0.05) is 5.69 Å². The van der Waals surface area contributed by atoms with E-state index < -0.39 is 6.36 Å². The predicted octanol–water partition coefficient (Wildman–Crippen LogP) is 4.42. The molecule has 2 aromatic rings. The number of halogens is 3. The van der Waals surface area contributed by atoms with Crippen LogP contribution in [0.2, 0.25) is 0 Å². The summed E-state index contributed by atoms with van der Waals surface area (Å²) in [5.74, 6) is -0.230. The average molecular weight is 293 g/mol. The molecule has 2 aromatic carbocycles. The number of hydrogen-bond acceptors (Lipinski definition) is 2. The summed E-state index contributed by atoms with van der Waals surface area (Å²) in [7, 11) is 0. The standard InChI is InChI=1S/C16H14F3NO/c17-16(18,19)21-14-10-8-12(9-11-14)4-3-6-13-5-1-2-7-15(13)20/h1-5,7-11H,6,20H2/b4-3+. The topological polar surface area (TPSA) is 35.2 Å². The number of ether oxygens (including phenoxy) is 1. The van der Waals surface area contributed by atoms with Gasteiger partial charge in [-0.15, -0.1) is 13.2 Å². The highest BCUT2D eigenvalue weighted by atomic mass is 19.4. The normalized spacial score (nSPS) is 11.8. The maximum absolute atomic E-state index is 12.0. The Labute approximate surface area is 120 Å². The van der Waals surface area contributed by atoms with Crippen LogP contribution in [0.15, 0.2) is 54.6 Å². The molecule has 5 heteroatoms. The van der Waals surface area contributed by atoms with E-state index in [4.69, 9.17) is 5.73 Å². The third-order valence-electron chi connectivity index (χ3n) is 2.82. The monoisotopic (exact) mass is 293 g/mol. The summed E-state index contributed by atoms with van der Waals surface area (Å²) in [4.78, 5) is 0. The molecule has 0 aromatic heterocycles. The van der Waals surface area contributed by atoms with Crippen molar-refractivity contribution in [3.8, 4) is 5.75 Å². The molecule has 0 saturated carbocycles. The van der Waals surface area contributed by atoms with Crippen LogP contribution >= 0.6 is 0 Å². The lowest BCUT2D eigenvalue weighted by Gasteiger charge is -2.08. The predicted molar refractivity (Wildman–Crippen MR) is 76.7 cm³/mol. The fourth-order valence-electron chi connectivity index (χ4n) is 1.82. The molecule has 0 saturated heterocycles. The average Bonchev–Trinajstić information content (AvgIpc) is 2.41. The van der Waals surface area contributed by atoms with Gasteiger partial charge >= 0.3 is 6.36 Å². The van der Waals surface area contributed by atoms with E-state index >= 15 is 0 Å². The second kappa shape index (κ2) is 6.35. The molecule has 0 aliphatic carbocycles. The molecule has 21 heavy (non-hydrogen) atoms. The number of benzene rings is 2. The highest BCUT2D eigenvalue weighted by Gasteiger charge is 2.30. The molecule has 110 valence electrons. The number of allylic oxidation sites excluding steroid dienone is 1. The zero-order valence-corrected chi connectivity index (χ0v) is 11.1. The van der Waals surface area contributed by atoms with Crippen LogP contribution in [-0.4, -0.2) is 6.36 Å². The van der Waals surface area contributed by atoms with Gasteiger partial charge in [0.2, 0.25) is 0 Å². The van der Waals surface area contributed by atoms with Crippen molar-refractivity contribution >= 4 is 11.8 Å². The minimum Gasteiger partial charge on any atom is -0.406 e. The van der Waals surface area contributed by atoms with Gasteiger partial charge in [-0.3, -0.25) is 0 Å². The number of hydrogen-bond donors (Lipinski definition) is 1. The highest BCUT2D eigenvalue weighted by Crippen LogP contribution is 2.23. The maximum Gasteiger partial charge on any atom is 0.573 e. The number of para-hydroxylation sites is 1. The van der Waals surface area contributed by atoms with E-state index in [1.807, 2.05) is 36.4 Å². The molecule has 0 fully saturated rings. The Kier molecular flexibility index (Phi) is 4.52. The zero-order valence-electron chi connectivity index (χ0n) is 11.1. The van der Waals surface area contributed by atoms with Crippen molar-refractivity contribution < 1.29 is 17.9 Å². The van der Waals surface area contributed by atoms with Crippen molar-refractivity contribution in [2.75, 3.05) is 5.73 Å². The summed E-state index contributed by atoms with van der Waals surface area (Å²) in [6.07, 6.45) is -0.273. The van der Waals surface area contributed by atoms with Crippen molar-refractivity contribution in [3.05, 3.63) is 65.7 Å². The second-order valence-corrected chi connectivity index (χ2v) is 4.42. The van der Waals surface area contributed by atoms with Crippen LogP contribution in [0.3, 0.4) is 0 Å². The molecule has 0 bridgehead atoms.